The summed E-state index contributed by atoms with van der Waals surface area (Å²) in [6.07, 6.45) is 10.4. The Labute approximate surface area is 250 Å². The second kappa shape index (κ2) is 10.3. The minimum atomic E-state index is 1.26. The maximum Gasteiger partial charge on any atom is 0.0528 e. The Morgan fingerprint density at radius 2 is 0.923 bits per heavy atom. The van der Waals surface area contributed by atoms with Crippen LogP contribution < -0.4 is 0 Å². The molecule has 0 saturated carbocycles. The topological polar surface area (TPSA) is 0 Å². The van der Waals surface area contributed by atoms with Gasteiger partial charge in [0.05, 0.1) is 4.88 Å². The normalized spacial score (nSPS) is 14.9. The Kier molecular flexibility index (Phi) is 6.46. The van der Waals surface area contributed by atoms with E-state index in [0.717, 1.165) is 0 Å². The highest BCUT2D eigenvalue weighted by Gasteiger charge is 2.20. The molecule has 0 radical (unpaired) electrons. The summed E-state index contributed by atoms with van der Waals surface area (Å²) in [5, 5.41) is 0. The molecule has 39 heavy (non-hydrogen) atoms. The molecule has 0 fully saturated rings. The predicted molar refractivity (Wildman–Crippen MR) is 176 cm³/mol. The molecule has 2 aliphatic carbocycles. The van der Waals surface area contributed by atoms with E-state index in [1.165, 1.54) is 102 Å². The van der Waals surface area contributed by atoms with E-state index in [1.54, 1.807) is 20.9 Å². The average Bonchev–Trinajstić information content (AvgIpc) is 3.80. The van der Waals surface area contributed by atoms with Crippen LogP contribution in [0.3, 0.4) is 0 Å². The van der Waals surface area contributed by atoms with Crippen LogP contribution in [0.1, 0.15) is 46.6 Å². The van der Waals surface area contributed by atoms with Crippen molar-refractivity contribution < 1.29 is 0 Å². The summed E-state index contributed by atoms with van der Waals surface area (Å²) in [6.45, 7) is 0. The molecular weight excluding hydrogens is 569 g/mol. The van der Waals surface area contributed by atoms with Crippen LogP contribution in [0, 0.1) is 0 Å². The van der Waals surface area contributed by atoms with Gasteiger partial charge in [0.15, 0.2) is 0 Å². The van der Waals surface area contributed by atoms with Gasteiger partial charge in [0.25, 0.3) is 0 Å². The molecule has 0 N–H and O–H groups in total. The standard InChI is InChI=1S/C34H28S5/c1-2-8-21(9-3-1)24-20-33(29-15-14-27(37-29)31-18-22-10-4-6-12-25(22)35-31)39-34(24)30-17-16-28(38-30)32-19-23-11-5-7-13-26(23)36-32/h1-3,8-9,14-20H,4-7,10-13H2. The van der Waals surface area contributed by atoms with Crippen molar-refractivity contribution in [3.8, 4) is 50.1 Å². The van der Waals surface area contributed by atoms with Gasteiger partial charge in [-0.1, -0.05) is 30.3 Å². The highest BCUT2D eigenvalue weighted by molar-refractivity contribution is 7.30. The molecule has 0 atom stereocenters. The second-order valence-corrected chi connectivity index (χ2v) is 16.1. The lowest BCUT2D eigenvalue weighted by Gasteiger charge is -2.08. The van der Waals surface area contributed by atoms with Crippen LogP contribution in [0.15, 0.2) is 72.8 Å². The van der Waals surface area contributed by atoms with E-state index in [-0.39, 0.29) is 0 Å². The highest BCUT2D eigenvalue weighted by Crippen LogP contribution is 2.50. The number of hydrogen-bond acceptors (Lipinski definition) is 5. The van der Waals surface area contributed by atoms with Gasteiger partial charge in [-0.3, -0.25) is 0 Å². The summed E-state index contributed by atoms with van der Waals surface area (Å²) in [6, 6.07) is 27.7. The minimum absolute atomic E-state index is 1.26. The molecule has 6 aromatic rings. The maximum atomic E-state index is 2.47. The van der Waals surface area contributed by atoms with E-state index in [9.17, 15) is 0 Å². The van der Waals surface area contributed by atoms with Crippen molar-refractivity contribution in [2.24, 2.45) is 0 Å². The summed E-state index contributed by atoms with van der Waals surface area (Å²) < 4.78 is 0. The molecule has 1 aromatic carbocycles. The summed E-state index contributed by atoms with van der Waals surface area (Å²) in [4.78, 5) is 14.5. The van der Waals surface area contributed by atoms with Crippen molar-refractivity contribution in [2.75, 3.05) is 0 Å². The predicted octanol–water partition coefficient (Wildman–Crippen LogP) is 12.1. The van der Waals surface area contributed by atoms with Gasteiger partial charge in [-0.05, 0) is 111 Å². The zero-order valence-electron chi connectivity index (χ0n) is 21.6. The van der Waals surface area contributed by atoms with Crippen LogP contribution in [0.25, 0.3) is 50.1 Å². The second-order valence-electron chi connectivity index (χ2n) is 10.6. The third-order valence-electron chi connectivity index (χ3n) is 7.97. The quantitative estimate of drug-likeness (QED) is 0.186. The fourth-order valence-electron chi connectivity index (χ4n) is 5.95. The van der Waals surface area contributed by atoms with Gasteiger partial charge in [-0.25, -0.2) is 0 Å². The fourth-order valence-corrected chi connectivity index (χ4v) is 12.0. The molecule has 0 aliphatic heterocycles. The number of fused-ring (bicyclic) bond motifs is 2. The first-order valence-corrected chi connectivity index (χ1v) is 18.0. The molecule has 2 aliphatic rings. The lowest BCUT2D eigenvalue weighted by molar-refractivity contribution is 0.697. The van der Waals surface area contributed by atoms with Crippen LogP contribution in [0.2, 0.25) is 0 Å². The van der Waals surface area contributed by atoms with Gasteiger partial charge in [0.2, 0.25) is 0 Å². The summed E-state index contributed by atoms with van der Waals surface area (Å²) >= 11 is 9.93. The first-order valence-electron chi connectivity index (χ1n) is 13.9. The number of aryl methyl sites for hydroxylation is 4. The van der Waals surface area contributed by atoms with Gasteiger partial charge < -0.3 is 0 Å². The van der Waals surface area contributed by atoms with E-state index in [0.29, 0.717) is 0 Å². The smallest absolute Gasteiger partial charge is 0.0528 e. The highest BCUT2D eigenvalue weighted by atomic mass is 32.1. The van der Waals surface area contributed by atoms with Crippen LogP contribution in [0.5, 0.6) is 0 Å². The van der Waals surface area contributed by atoms with E-state index < -0.39 is 0 Å². The summed E-state index contributed by atoms with van der Waals surface area (Å²) in [7, 11) is 0. The number of thiophene rings is 5. The molecule has 0 nitrogen and oxygen atoms in total. The van der Waals surface area contributed by atoms with Gasteiger partial charge in [-0.15, -0.1) is 56.7 Å². The Morgan fingerprint density at radius 1 is 0.410 bits per heavy atom. The van der Waals surface area contributed by atoms with Crippen molar-refractivity contribution in [1.82, 2.24) is 0 Å². The molecule has 0 amide bonds. The van der Waals surface area contributed by atoms with E-state index >= 15 is 0 Å². The van der Waals surface area contributed by atoms with Crippen molar-refractivity contribution in [1.29, 1.82) is 0 Å². The van der Waals surface area contributed by atoms with Gasteiger partial charge in [0.1, 0.15) is 0 Å². The average molecular weight is 597 g/mol. The van der Waals surface area contributed by atoms with E-state index in [1.807, 2.05) is 56.7 Å². The Bertz CT molecular complexity index is 1720. The van der Waals surface area contributed by atoms with Crippen LogP contribution in [-0.2, 0) is 25.7 Å². The lowest BCUT2D eigenvalue weighted by atomic mass is 9.99. The summed E-state index contributed by atoms with van der Waals surface area (Å²) in [5.74, 6) is 0. The SMILES string of the molecule is c1ccc(-c2cc(-c3ccc(-c4cc5c(s4)CCCC5)s3)sc2-c2ccc(-c3cc4c(s3)CCCC4)s2)cc1. The van der Waals surface area contributed by atoms with Crippen molar-refractivity contribution >= 4 is 56.7 Å². The Hall–Kier alpha value is -2.28. The van der Waals surface area contributed by atoms with Gasteiger partial charge in [-0.2, -0.15) is 0 Å². The molecular formula is C34H28S5. The first-order chi connectivity index (χ1) is 19.3. The van der Waals surface area contributed by atoms with Gasteiger partial charge in [0, 0.05) is 49.5 Å². The molecule has 5 heterocycles. The minimum Gasteiger partial charge on any atom is -0.139 e. The number of rotatable bonds is 5. The molecule has 5 aromatic heterocycles. The number of hydrogen-bond donors (Lipinski definition) is 0. The maximum absolute atomic E-state index is 2.47. The van der Waals surface area contributed by atoms with Crippen LogP contribution >= 0.6 is 56.7 Å². The van der Waals surface area contributed by atoms with E-state index in [4.69, 9.17) is 0 Å². The number of benzene rings is 1. The molecule has 0 bridgehead atoms. The molecule has 0 spiro atoms. The van der Waals surface area contributed by atoms with Crippen LogP contribution in [0.4, 0.5) is 0 Å². The largest absolute Gasteiger partial charge is 0.139 e. The van der Waals surface area contributed by atoms with Gasteiger partial charge >= 0.3 is 0 Å². The Morgan fingerprint density at radius 3 is 1.51 bits per heavy atom. The monoisotopic (exact) mass is 596 g/mol. The van der Waals surface area contributed by atoms with Crippen molar-refractivity contribution in [2.45, 2.75) is 51.4 Å². The third-order valence-corrected chi connectivity index (χ3v) is 14.5. The van der Waals surface area contributed by atoms with Crippen molar-refractivity contribution in [3.05, 3.63) is 93.7 Å². The molecule has 5 heteroatoms. The third kappa shape index (κ3) is 4.62. The summed E-state index contributed by atoms with van der Waals surface area (Å²) in [5.41, 5.74) is 5.86. The Balaban J connectivity index is 1.17. The zero-order chi connectivity index (χ0) is 25.8. The zero-order valence-corrected chi connectivity index (χ0v) is 25.7. The molecule has 8 rings (SSSR count). The molecule has 194 valence electrons. The first kappa shape index (κ1) is 24.5. The van der Waals surface area contributed by atoms with E-state index in [2.05, 4.69) is 72.8 Å². The molecule has 0 saturated heterocycles. The molecule has 0 unspecified atom stereocenters. The van der Waals surface area contributed by atoms with Crippen LogP contribution in [-0.4, -0.2) is 0 Å². The fraction of sp³-hybridized carbons (Fsp3) is 0.235. The lowest BCUT2D eigenvalue weighted by Crippen LogP contribution is -1.96. The van der Waals surface area contributed by atoms with Crippen molar-refractivity contribution in [3.63, 3.8) is 0 Å².